The summed E-state index contributed by atoms with van der Waals surface area (Å²) < 4.78 is 39.2. The number of nitrogens with one attached hydrogen (secondary N) is 1. The van der Waals surface area contributed by atoms with Crippen LogP contribution in [-0.4, -0.2) is 33.4 Å². The Morgan fingerprint density at radius 3 is 2.64 bits per heavy atom. The van der Waals surface area contributed by atoms with Gasteiger partial charge in [-0.2, -0.15) is 10.2 Å². The van der Waals surface area contributed by atoms with Gasteiger partial charge in [-0.05, 0) is 43.2 Å². The first-order valence-corrected chi connectivity index (χ1v) is 9.73. The van der Waals surface area contributed by atoms with Gasteiger partial charge in [-0.1, -0.05) is 0 Å². The lowest BCUT2D eigenvalue weighted by Gasteiger charge is -2.01. The van der Waals surface area contributed by atoms with Gasteiger partial charge in [-0.25, -0.2) is 22.5 Å². The van der Waals surface area contributed by atoms with Crippen molar-refractivity contribution in [2.45, 2.75) is 30.3 Å². The third-order valence-corrected chi connectivity index (χ3v) is 5.40. The highest BCUT2D eigenvalue weighted by atomic mass is 32.2. The average Bonchev–Trinajstić information content (AvgIpc) is 3.15. The van der Waals surface area contributed by atoms with E-state index in [1.807, 2.05) is 0 Å². The number of benzene rings is 1. The Labute approximate surface area is 143 Å². The van der Waals surface area contributed by atoms with Gasteiger partial charge in [-0.3, -0.25) is 5.10 Å². The van der Waals surface area contributed by atoms with E-state index in [4.69, 9.17) is 0 Å². The van der Waals surface area contributed by atoms with Crippen molar-refractivity contribution in [1.82, 2.24) is 25.0 Å². The summed E-state index contributed by atoms with van der Waals surface area (Å²) in [7, 11) is -3.42. The second kappa shape index (κ2) is 6.07. The lowest BCUT2D eigenvalue weighted by atomic mass is 10.3. The molecule has 1 aliphatic carbocycles. The minimum Gasteiger partial charge on any atom is -0.262 e. The Balaban J connectivity index is 1.46. The summed E-state index contributed by atoms with van der Waals surface area (Å²) >= 11 is 0. The van der Waals surface area contributed by atoms with Crippen molar-refractivity contribution in [3.63, 3.8) is 0 Å². The highest BCUT2D eigenvalue weighted by molar-refractivity contribution is 7.89. The first-order valence-electron chi connectivity index (χ1n) is 7.91. The average molecular weight is 361 g/mol. The van der Waals surface area contributed by atoms with Crippen LogP contribution in [-0.2, 0) is 21.3 Å². The van der Waals surface area contributed by atoms with Crippen molar-refractivity contribution in [1.29, 1.82) is 0 Å². The van der Waals surface area contributed by atoms with Gasteiger partial charge in [0.05, 0.1) is 17.1 Å². The maximum atomic E-state index is 13.0. The number of nitrogens with zero attached hydrogens (tertiary/aromatic N) is 4. The molecule has 3 aromatic rings. The van der Waals surface area contributed by atoms with Crippen LogP contribution in [0, 0.1) is 5.82 Å². The van der Waals surface area contributed by atoms with E-state index >= 15 is 0 Å². The molecule has 9 heteroatoms. The Bertz CT molecular complexity index is 990. The van der Waals surface area contributed by atoms with E-state index in [1.54, 1.807) is 24.4 Å². The number of hydrogen-bond donors (Lipinski definition) is 1. The van der Waals surface area contributed by atoms with E-state index < -0.39 is 9.84 Å². The molecule has 7 nitrogen and oxygen atoms in total. The van der Waals surface area contributed by atoms with E-state index in [1.165, 1.54) is 16.8 Å². The van der Waals surface area contributed by atoms with Gasteiger partial charge in [0.1, 0.15) is 17.4 Å². The summed E-state index contributed by atoms with van der Waals surface area (Å²) in [5.74, 6) is 0.706. The van der Waals surface area contributed by atoms with E-state index in [0.29, 0.717) is 28.9 Å². The third kappa shape index (κ3) is 3.76. The van der Waals surface area contributed by atoms with Crippen molar-refractivity contribution in [3.8, 4) is 5.69 Å². The topological polar surface area (TPSA) is 93.5 Å². The van der Waals surface area contributed by atoms with Gasteiger partial charge < -0.3 is 0 Å². The molecule has 0 aliphatic heterocycles. The minimum atomic E-state index is -3.42. The molecular weight excluding hydrogens is 345 g/mol. The molecule has 25 heavy (non-hydrogen) atoms. The lowest BCUT2D eigenvalue weighted by Crippen LogP contribution is -2.10. The number of H-pyrrole nitrogens is 1. The highest BCUT2D eigenvalue weighted by Crippen LogP contribution is 2.37. The fourth-order valence-electron chi connectivity index (χ4n) is 2.56. The van der Waals surface area contributed by atoms with Gasteiger partial charge in [0.25, 0.3) is 0 Å². The molecule has 1 saturated carbocycles. The van der Waals surface area contributed by atoms with Gasteiger partial charge in [0.2, 0.25) is 0 Å². The molecular formula is C16H16FN5O2S. The summed E-state index contributed by atoms with van der Waals surface area (Å²) in [6, 6.07) is 7.45. The largest absolute Gasteiger partial charge is 0.262 e. The fourth-order valence-corrected chi connectivity index (χ4v) is 3.81. The maximum Gasteiger partial charge on any atom is 0.163 e. The minimum absolute atomic E-state index is 0.194. The summed E-state index contributed by atoms with van der Waals surface area (Å²) in [6.07, 6.45) is 3.77. The zero-order valence-electron chi connectivity index (χ0n) is 13.3. The molecule has 1 N–H and O–H groups in total. The SMILES string of the molecule is O=S(=O)(Cc1ccn(-c2ccc(F)cc2)n1)Cc1nc(C2CC2)n[nH]1. The highest BCUT2D eigenvalue weighted by Gasteiger charge is 2.28. The van der Waals surface area contributed by atoms with Crippen LogP contribution in [0.2, 0.25) is 0 Å². The Morgan fingerprint density at radius 1 is 1.16 bits per heavy atom. The Hall–Kier alpha value is -2.55. The fraction of sp³-hybridized carbons (Fsp3) is 0.312. The number of rotatable bonds is 6. The van der Waals surface area contributed by atoms with E-state index in [2.05, 4.69) is 20.3 Å². The molecule has 0 radical (unpaired) electrons. The van der Waals surface area contributed by atoms with Crippen LogP contribution in [0.4, 0.5) is 4.39 Å². The molecule has 2 heterocycles. The van der Waals surface area contributed by atoms with E-state index in [0.717, 1.165) is 12.8 Å². The quantitative estimate of drug-likeness (QED) is 0.726. The van der Waals surface area contributed by atoms with Crippen molar-refractivity contribution in [2.24, 2.45) is 0 Å². The molecule has 0 bridgehead atoms. The summed E-state index contributed by atoms with van der Waals surface area (Å²) in [5, 5.41) is 11.0. The lowest BCUT2D eigenvalue weighted by molar-refractivity contribution is 0.592. The zero-order valence-corrected chi connectivity index (χ0v) is 14.1. The number of hydrogen-bond acceptors (Lipinski definition) is 5. The smallest absolute Gasteiger partial charge is 0.163 e. The molecule has 0 unspecified atom stereocenters. The van der Waals surface area contributed by atoms with Crippen molar-refractivity contribution >= 4 is 9.84 Å². The van der Waals surface area contributed by atoms with Crippen LogP contribution in [0.3, 0.4) is 0 Å². The summed E-state index contributed by atoms with van der Waals surface area (Å²) in [6.45, 7) is 0. The molecule has 0 saturated heterocycles. The van der Waals surface area contributed by atoms with Crippen LogP contribution in [0.5, 0.6) is 0 Å². The second-order valence-corrected chi connectivity index (χ2v) is 8.24. The molecule has 0 amide bonds. The summed E-state index contributed by atoms with van der Waals surface area (Å²) in [5.41, 5.74) is 1.08. The van der Waals surface area contributed by atoms with E-state index in [9.17, 15) is 12.8 Å². The molecule has 4 rings (SSSR count). The van der Waals surface area contributed by atoms with Crippen molar-refractivity contribution in [2.75, 3.05) is 0 Å². The standard InChI is InChI=1S/C16H16FN5O2S/c17-12-3-5-14(6-4-12)22-8-7-13(21-22)9-25(23,24)10-15-18-16(20-19-15)11-1-2-11/h3-8,11H,1-2,9-10H2,(H,18,19,20). The van der Waals surface area contributed by atoms with Gasteiger partial charge >= 0.3 is 0 Å². The normalized spacial score (nSPS) is 14.8. The van der Waals surface area contributed by atoms with Crippen LogP contribution >= 0.6 is 0 Å². The molecule has 1 aromatic carbocycles. The first-order chi connectivity index (χ1) is 12.0. The predicted molar refractivity (Wildman–Crippen MR) is 88.2 cm³/mol. The van der Waals surface area contributed by atoms with Crippen LogP contribution in [0.15, 0.2) is 36.5 Å². The first kappa shape index (κ1) is 15.9. The second-order valence-electron chi connectivity index (χ2n) is 6.17. The number of sulfone groups is 1. The van der Waals surface area contributed by atoms with Crippen molar-refractivity contribution < 1.29 is 12.8 Å². The van der Waals surface area contributed by atoms with Crippen LogP contribution < -0.4 is 0 Å². The van der Waals surface area contributed by atoms with Gasteiger partial charge in [0, 0.05) is 12.1 Å². The maximum absolute atomic E-state index is 13.0. The molecule has 2 aromatic heterocycles. The van der Waals surface area contributed by atoms with Gasteiger partial charge in [0.15, 0.2) is 15.7 Å². The Kier molecular flexibility index (Phi) is 3.87. The number of aromatic nitrogens is 5. The molecule has 130 valence electrons. The van der Waals surface area contributed by atoms with Gasteiger partial charge in [-0.15, -0.1) is 0 Å². The molecule has 0 spiro atoms. The number of halogens is 1. The molecule has 1 aliphatic rings. The predicted octanol–water partition coefficient (Wildman–Crippen LogP) is 2.12. The monoisotopic (exact) mass is 361 g/mol. The third-order valence-electron chi connectivity index (χ3n) is 3.95. The Morgan fingerprint density at radius 2 is 1.92 bits per heavy atom. The molecule has 0 atom stereocenters. The van der Waals surface area contributed by atoms with E-state index in [-0.39, 0.29) is 17.3 Å². The van der Waals surface area contributed by atoms with Crippen LogP contribution in [0.25, 0.3) is 5.69 Å². The molecule has 1 fully saturated rings. The summed E-state index contributed by atoms with van der Waals surface area (Å²) in [4.78, 5) is 4.25. The zero-order chi connectivity index (χ0) is 17.4. The number of aromatic amines is 1. The van der Waals surface area contributed by atoms with Crippen LogP contribution in [0.1, 0.15) is 36.1 Å². The van der Waals surface area contributed by atoms with Crippen molar-refractivity contribution in [3.05, 3.63) is 59.7 Å².